The van der Waals surface area contributed by atoms with Crippen molar-refractivity contribution in [1.82, 2.24) is 9.47 Å². The van der Waals surface area contributed by atoms with Crippen molar-refractivity contribution in [3.8, 4) is 0 Å². The second kappa shape index (κ2) is 6.68. The van der Waals surface area contributed by atoms with E-state index in [4.69, 9.17) is 0 Å². The first-order valence-electron chi connectivity index (χ1n) is 7.55. The summed E-state index contributed by atoms with van der Waals surface area (Å²) in [5.74, 6) is 0.0984. The Bertz CT molecular complexity index is 790. The SMILES string of the molecule is Cc1ccc(C(=O)N2CSC[C@H]2C(=O)Nc2cccc(F)c2)n1C. The van der Waals surface area contributed by atoms with Gasteiger partial charge in [0.2, 0.25) is 5.91 Å². The summed E-state index contributed by atoms with van der Waals surface area (Å²) in [5.41, 5.74) is 1.92. The van der Waals surface area contributed by atoms with E-state index >= 15 is 0 Å². The molecule has 1 aromatic carbocycles. The average Bonchev–Trinajstić information content (AvgIpc) is 3.15. The van der Waals surface area contributed by atoms with E-state index in [0.29, 0.717) is 23.0 Å². The molecule has 1 N–H and O–H groups in total. The van der Waals surface area contributed by atoms with Gasteiger partial charge in [-0.05, 0) is 37.3 Å². The first kappa shape index (κ1) is 16.6. The number of thioether (sulfide) groups is 1. The van der Waals surface area contributed by atoms with Crippen LogP contribution in [-0.4, -0.2) is 39.0 Å². The molecule has 0 unspecified atom stereocenters. The lowest BCUT2D eigenvalue weighted by Crippen LogP contribution is -2.45. The smallest absolute Gasteiger partial charge is 0.271 e. The predicted molar refractivity (Wildman–Crippen MR) is 92.5 cm³/mol. The number of hydrogen-bond donors (Lipinski definition) is 1. The minimum atomic E-state index is -0.569. The summed E-state index contributed by atoms with van der Waals surface area (Å²) in [6.07, 6.45) is 0. The average molecular weight is 347 g/mol. The largest absolute Gasteiger partial charge is 0.344 e. The zero-order valence-corrected chi connectivity index (χ0v) is 14.3. The molecule has 0 radical (unpaired) electrons. The third-order valence-electron chi connectivity index (χ3n) is 4.13. The van der Waals surface area contributed by atoms with Crippen LogP contribution >= 0.6 is 11.8 Å². The highest BCUT2D eigenvalue weighted by molar-refractivity contribution is 7.99. The molecular weight excluding hydrogens is 329 g/mol. The molecule has 0 bridgehead atoms. The van der Waals surface area contributed by atoms with Gasteiger partial charge >= 0.3 is 0 Å². The van der Waals surface area contributed by atoms with Gasteiger partial charge in [-0.15, -0.1) is 11.8 Å². The van der Waals surface area contributed by atoms with Crippen molar-refractivity contribution in [2.45, 2.75) is 13.0 Å². The van der Waals surface area contributed by atoms with Crippen LogP contribution in [0.1, 0.15) is 16.2 Å². The van der Waals surface area contributed by atoms with Crippen molar-refractivity contribution in [2.75, 3.05) is 16.9 Å². The van der Waals surface area contributed by atoms with E-state index < -0.39 is 11.9 Å². The first-order chi connectivity index (χ1) is 11.5. The maximum atomic E-state index is 13.2. The van der Waals surface area contributed by atoms with Gasteiger partial charge < -0.3 is 14.8 Å². The highest BCUT2D eigenvalue weighted by Gasteiger charge is 2.36. The highest BCUT2D eigenvalue weighted by atomic mass is 32.2. The number of carbonyl (C=O) groups excluding carboxylic acids is 2. The Morgan fingerprint density at radius 1 is 1.29 bits per heavy atom. The molecule has 1 aliphatic rings. The number of rotatable bonds is 3. The van der Waals surface area contributed by atoms with Gasteiger partial charge in [0.25, 0.3) is 5.91 Å². The normalized spacial score (nSPS) is 17.1. The molecule has 3 rings (SSSR count). The van der Waals surface area contributed by atoms with Crippen LogP contribution in [0.4, 0.5) is 10.1 Å². The molecule has 1 atom stereocenters. The standard InChI is InChI=1S/C17H18FN3O2S/c1-11-6-7-14(20(11)2)17(23)21-10-24-9-15(21)16(22)19-13-5-3-4-12(18)8-13/h3-8,15H,9-10H2,1-2H3,(H,19,22)/t15-/m0/s1. The summed E-state index contributed by atoms with van der Waals surface area (Å²) in [7, 11) is 1.83. The lowest BCUT2D eigenvalue weighted by atomic mass is 10.2. The minimum Gasteiger partial charge on any atom is -0.344 e. The molecule has 2 heterocycles. The van der Waals surface area contributed by atoms with Crippen LogP contribution in [0.5, 0.6) is 0 Å². The Labute approximate surface area is 143 Å². The van der Waals surface area contributed by atoms with Crippen LogP contribution in [0, 0.1) is 12.7 Å². The zero-order chi connectivity index (χ0) is 17.3. The number of benzene rings is 1. The van der Waals surface area contributed by atoms with E-state index in [1.807, 2.05) is 24.6 Å². The van der Waals surface area contributed by atoms with Crippen LogP contribution in [-0.2, 0) is 11.8 Å². The van der Waals surface area contributed by atoms with Gasteiger partial charge in [-0.2, -0.15) is 0 Å². The van der Waals surface area contributed by atoms with Gasteiger partial charge in [0.1, 0.15) is 17.6 Å². The minimum absolute atomic E-state index is 0.171. The number of carbonyl (C=O) groups is 2. The number of anilines is 1. The molecule has 2 aromatic rings. The fourth-order valence-electron chi connectivity index (χ4n) is 2.63. The Kier molecular flexibility index (Phi) is 4.62. The Morgan fingerprint density at radius 2 is 2.08 bits per heavy atom. The molecular formula is C17H18FN3O2S. The van der Waals surface area contributed by atoms with Gasteiger partial charge in [0.05, 0.1) is 5.88 Å². The monoisotopic (exact) mass is 347 g/mol. The second-order valence-corrected chi connectivity index (χ2v) is 6.71. The quantitative estimate of drug-likeness (QED) is 0.929. The molecule has 0 aliphatic carbocycles. The van der Waals surface area contributed by atoms with Gasteiger partial charge in [-0.25, -0.2) is 4.39 Å². The summed E-state index contributed by atoms with van der Waals surface area (Å²) < 4.78 is 15.1. The summed E-state index contributed by atoms with van der Waals surface area (Å²) in [6, 6.07) is 8.79. The Balaban J connectivity index is 1.76. The van der Waals surface area contributed by atoms with Crippen LogP contribution in [0.3, 0.4) is 0 Å². The van der Waals surface area contributed by atoms with Crippen molar-refractivity contribution >= 4 is 29.3 Å². The topological polar surface area (TPSA) is 54.3 Å². The van der Waals surface area contributed by atoms with Crippen LogP contribution < -0.4 is 5.32 Å². The Morgan fingerprint density at radius 3 is 2.75 bits per heavy atom. The molecule has 0 spiro atoms. The number of amides is 2. The number of nitrogens with zero attached hydrogens (tertiary/aromatic N) is 2. The molecule has 126 valence electrons. The van der Waals surface area contributed by atoms with Gasteiger partial charge in [-0.1, -0.05) is 6.07 Å². The number of aromatic nitrogens is 1. The molecule has 1 aliphatic heterocycles. The van der Waals surface area contributed by atoms with Crippen molar-refractivity contribution in [1.29, 1.82) is 0 Å². The number of nitrogens with one attached hydrogen (secondary N) is 1. The van der Waals surface area contributed by atoms with Crippen molar-refractivity contribution < 1.29 is 14.0 Å². The van der Waals surface area contributed by atoms with E-state index in [1.54, 1.807) is 17.0 Å². The van der Waals surface area contributed by atoms with E-state index in [-0.39, 0.29) is 11.8 Å². The van der Waals surface area contributed by atoms with Crippen LogP contribution in [0.15, 0.2) is 36.4 Å². The van der Waals surface area contributed by atoms with Gasteiger partial charge in [-0.3, -0.25) is 9.59 Å². The van der Waals surface area contributed by atoms with E-state index in [2.05, 4.69) is 5.32 Å². The first-order valence-corrected chi connectivity index (χ1v) is 8.70. The summed E-state index contributed by atoms with van der Waals surface area (Å²) in [4.78, 5) is 26.8. The molecule has 1 fully saturated rings. The number of halogens is 1. The summed E-state index contributed by atoms with van der Waals surface area (Å²) in [5, 5.41) is 2.69. The van der Waals surface area contributed by atoms with Gasteiger partial charge in [0.15, 0.2) is 0 Å². The summed E-state index contributed by atoms with van der Waals surface area (Å²) in [6.45, 7) is 1.92. The maximum Gasteiger partial charge on any atom is 0.271 e. The van der Waals surface area contributed by atoms with E-state index in [0.717, 1.165) is 5.69 Å². The zero-order valence-electron chi connectivity index (χ0n) is 13.5. The lowest BCUT2D eigenvalue weighted by molar-refractivity contribution is -0.119. The molecule has 1 aromatic heterocycles. The summed E-state index contributed by atoms with van der Waals surface area (Å²) >= 11 is 1.53. The molecule has 1 saturated heterocycles. The van der Waals surface area contributed by atoms with Crippen molar-refractivity contribution in [3.63, 3.8) is 0 Å². The van der Waals surface area contributed by atoms with E-state index in [1.165, 1.54) is 30.0 Å². The lowest BCUT2D eigenvalue weighted by Gasteiger charge is -2.23. The third kappa shape index (κ3) is 3.17. The molecule has 24 heavy (non-hydrogen) atoms. The van der Waals surface area contributed by atoms with Crippen LogP contribution in [0.25, 0.3) is 0 Å². The van der Waals surface area contributed by atoms with E-state index in [9.17, 15) is 14.0 Å². The number of hydrogen-bond acceptors (Lipinski definition) is 3. The molecule has 2 amide bonds. The van der Waals surface area contributed by atoms with Crippen molar-refractivity contribution in [3.05, 3.63) is 53.6 Å². The molecule has 0 saturated carbocycles. The Hall–Kier alpha value is -2.28. The molecule has 5 nitrogen and oxygen atoms in total. The number of aryl methyl sites for hydroxylation is 1. The third-order valence-corrected chi connectivity index (χ3v) is 5.14. The second-order valence-electron chi connectivity index (χ2n) is 5.71. The van der Waals surface area contributed by atoms with Gasteiger partial charge in [0, 0.05) is 24.2 Å². The fraction of sp³-hybridized carbons (Fsp3) is 0.294. The van der Waals surface area contributed by atoms with Crippen LogP contribution in [0.2, 0.25) is 0 Å². The van der Waals surface area contributed by atoms with Crippen molar-refractivity contribution in [2.24, 2.45) is 7.05 Å². The predicted octanol–water partition coefficient (Wildman–Crippen LogP) is 2.63. The fourth-order valence-corrected chi connectivity index (χ4v) is 3.78. The highest BCUT2D eigenvalue weighted by Crippen LogP contribution is 2.25. The maximum absolute atomic E-state index is 13.2. The molecule has 7 heteroatoms.